The van der Waals surface area contributed by atoms with E-state index in [-0.39, 0.29) is 0 Å². The fraction of sp³-hybridized carbons (Fsp3) is 0. The lowest BCUT2D eigenvalue weighted by Crippen LogP contribution is -2.02. The number of aromatic nitrogens is 5. The first-order valence-corrected chi connectivity index (χ1v) is 15.5. The molecule has 6 heteroatoms. The van der Waals surface area contributed by atoms with Crippen LogP contribution in [0, 0.1) is 0 Å². The summed E-state index contributed by atoms with van der Waals surface area (Å²) in [5.74, 6) is 1.68. The molecule has 0 aliphatic rings. The summed E-state index contributed by atoms with van der Waals surface area (Å²) in [6.07, 6.45) is 3.60. The fourth-order valence-electron chi connectivity index (χ4n) is 6.87. The molecule has 218 valence electrons. The molecule has 4 aromatic heterocycles. The third-order valence-corrected chi connectivity index (χ3v) is 8.99. The molecule has 0 N–H and O–H groups in total. The highest BCUT2D eigenvalue weighted by molar-refractivity contribution is 6.14. The summed E-state index contributed by atoms with van der Waals surface area (Å²) in [4.78, 5) is 25.0. The second-order valence-electron chi connectivity index (χ2n) is 11.7. The minimum atomic E-state index is 0.537. The smallest absolute Gasteiger partial charge is 0.167 e. The van der Waals surface area contributed by atoms with Crippen molar-refractivity contribution in [2.75, 3.05) is 0 Å². The maximum absolute atomic E-state index is 6.47. The highest BCUT2D eigenvalue weighted by atomic mass is 16.3. The van der Waals surface area contributed by atoms with Crippen LogP contribution in [0.25, 0.3) is 99.5 Å². The Bertz CT molecular complexity index is 2850. The fourth-order valence-corrected chi connectivity index (χ4v) is 6.87. The van der Waals surface area contributed by atoms with Gasteiger partial charge in [-0.1, -0.05) is 97.1 Å². The molecule has 0 saturated heterocycles. The van der Waals surface area contributed by atoms with Crippen LogP contribution >= 0.6 is 0 Å². The number of para-hydroxylation sites is 2. The molecule has 10 aromatic rings. The standard InChI is InChI=1S/C41H23N5O/c1-2-12-27-24(9-1)19-20-25-10-5-15-31(35(25)27)39-44-40(32-16-6-14-30-28-13-3-4-18-34(28)47-38(30)32)46-41(45-39)33-23-26-11-7-21-42-36(26)37-29(33)17-8-22-43-37/h1-23H. The van der Waals surface area contributed by atoms with Gasteiger partial charge in [-0.15, -0.1) is 0 Å². The summed E-state index contributed by atoms with van der Waals surface area (Å²) in [5.41, 5.74) is 5.82. The van der Waals surface area contributed by atoms with Crippen molar-refractivity contribution in [3.8, 4) is 34.2 Å². The quantitative estimate of drug-likeness (QED) is 0.188. The first-order chi connectivity index (χ1) is 23.3. The van der Waals surface area contributed by atoms with Crippen LogP contribution in [0.5, 0.6) is 0 Å². The Kier molecular flexibility index (Phi) is 5.48. The molecule has 0 unspecified atom stereocenters. The van der Waals surface area contributed by atoms with Gasteiger partial charge in [0.15, 0.2) is 17.5 Å². The number of hydrogen-bond donors (Lipinski definition) is 0. The molecule has 0 bridgehead atoms. The number of hydrogen-bond acceptors (Lipinski definition) is 6. The Balaban J connectivity index is 1.33. The molecule has 0 atom stereocenters. The van der Waals surface area contributed by atoms with E-state index in [9.17, 15) is 0 Å². The average Bonchev–Trinajstić information content (AvgIpc) is 3.53. The molecule has 0 spiro atoms. The van der Waals surface area contributed by atoms with Crippen molar-refractivity contribution < 1.29 is 4.42 Å². The van der Waals surface area contributed by atoms with E-state index in [4.69, 9.17) is 24.4 Å². The summed E-state index contributed by atoms with van der Waals surface area (Å²) in [5, 5.41) is 8.49. The average molecular weight is 602 g/mol. The Morgan fingerprint density at radius 2 is 1.02 bits per heavy atom. The Hall–Kier alpha value is -6.53. The third-order valence-electron chi connectivity index (χ3n) is 8.99. The normalized spacial score (nSPS) is 11.8. The number of fused-ring (bicyclic) bond motifs is 9. The van der Waals surface area contributed by atoms with Gasteiger partial charge in [-0.2, -0.15) is 0 Å². The molecule has 0 aliphatic carbocycles. The molecule has 0 saturated carbocycles. The predicted molar refractivity (Wildman–Crippen MR) is 189 cm³/mol. The summed E-state index contributed by atoms with van der Waals surface area (Å²) in [6, 6.07) is 43.4. The number of rotatable bonds is 3. The second kappa shape index (κ2) is 9.99. The molecule has 6 aromatic carbocycles. The molecule has 0 radical (unpaired) electrons. The minimum absolute atomic E-state index is 0.537. The molecule has 10 rings (SSSR count). The van der Waals surface area contributed by atoms with E-state index in [0.717, 1.165) is 82.0 Å². The van der Waals surface area contributed by atoms with Gasteiger partial charge in [0.2, 0.25) is 0 Å². The van der Waals surface area contributed by atoms with Crippen molar-refractivity contribution >= 4 is 65.3 Å². The van der Waals surface area contributed by atoms with Gasteiger partial charge < -0.3 is 4.42 Å². The number of pyridine rings is 2. The highest BCUT2D eigenvalue weighted by Crippen LogP contribution is 2.39. The summed E-state index contributed by atoms with van der Waals surface area (Å²) < 4.78 is 6.47. The van der Waals surface area contributed by atoms with Crippen LogP contribution in [0.3, 0.4) is 0 Å². The molecule has 6 nitrogen and oxygen atoms in total. The first-order valence-electron chi connectivity index (χ1n) is 15.5. The van der Waals surface area contributed by atoms with Crippen LogP contribution in [0.4, 0.5) is 0 Å². The zero-order valence-corrected chi connectivity index (χ0v) is 24.9. The van der Waals surface area contributed by atoms with Crippen LogP contribution in [0.15, 0.2) is 144 Å². The monoisotopic (exact) mass is 601 g/mol. The lowest BCUT2D eigenvalue weighted by molar-refractivity contribution is 0.669. The van der Waals surface area contributed by atoms with Crippen LogP contribution in [0.1, 0.15) is 0 Å². The van der Waals surface area contributed by atoms with E-state index < -0.39 is 0 Å². The molecule has 47 heavy (non-hydrogen) atoms. The topological polar surface area (TPSA) is 77.6 Å². The van der Waals surface area contributed by atoms with E-state index in [1.165, 1.54) is 0 Å². The van der Waals surface area contributed by atoms with Crippen LogP contribution in [-0.4, -0.2) is 24.9 Å². The maximum atomic E-state index is 6.47. The van der Waals surface area contributed by atoms with Crippen molar-refractivity contribution in [1.29, 1.82) is 0 Å². The van der Waals surface area contributed by atoms with Gasteiger partial charge in [0.1, 0.15) is 11.2 Å². The number of benzene rings is 6. The van der Waals surface area contributed by atoms with E-state index >= 15 is 0 Å². The lowest BCUT2D eigenvalue weighted by Gasteiger charge is -2.13. The Morgan fingerprint density at radius 3 is 1.94 bits per heavy atom. The van der Waals surface area contributed by atoms with Crippen LogP contribution in [0.2, 0.25) is 0 Å². The van der Waals surface area contributed by atoms with Gasteiger partial charge >= 0.3 is 0 Å². The predicted octanol–water partition coefficient (Wildman–Crippen LogP) is 10.2. The van der Waals surface area contributed by atoms with Gasteiger partial charge in [0.25, 0.3) is 0 Å². The van der Waals surface area contributed by atoms with Crippen molar-refractivity contribution in [2.45, 2.75) is 0 Å². The van der Waals surface area contributed by atoms with Crippen LogP contribution in [-0.2, 0) is 0 Å². The maximum Gasteiger partial charge on any atom is 0.167 e. The minimum Gasteiger partial charge on any atom is -0.455 e. The van der Waals surface area contributed by atoms with Gasteiger partial charge in [-0.3, -0.25) is 9.97 Å². The number of furan rings is 1. The second-order valence-corrected chi connectivity index (χ2v) is 11.7. The van der Waals surface area contributed by atoms with E-state index in [2.05, 4.69) is 89.9 Å². The highest BCUT2D eigenvalue weighted by Gasteiger charge is 2.21. The SMILES string of the molecule is c1ccc2c(c1)ccc1cccc(-c3nc(-c4cc5cccnc5c5ncccc45)nc(-c4cccc5c4oc4ccccc45)n3)c12. The summed E-state index contributed by atoms with van der Waals surface area (Å²) in [7, 11) is 0. The molecule has 4 heterocycles. The molecule has 0 amide bonds. The molecular weight excluding hydrogens is 578 g/mol. The summed E-state index contributed by atoms with van der Waals surface area (Å²) in [6.45, 7) is 0. The van der Waals surface area contributed by atoms with E-state index in [1.807, 2.05) is 42.5 Å². The number of nitrogens with zero attached hydrogens (tertiary/aromatic N) is 5. The van der Waals surface area contributed by atoms with E-state index in [1.54, 1.807) is 12.4 Å². The van der Waals surface area contributed by atoms with Gasteiger partial charge in [0, 0.05) is 50.5 Å². The lowest BCUT2D eigenvalue weighted by atomic mass is 9.97. The third kappa shape index (κ3) is 3.95. The zero-order chi connectivity index (χ0) is 30.9. The van der Waals surface area contributed by atoms with Crippen molar-refractivity contribution in [3.05, 3.63) is 140 Å². The van der Waals surface area contributed by atoms with Gasteiger partial charge in [-0.25, -0.2) is 15.0 Å². The summed E-state index contributed by atoms with van der Waals surface area (Å²) >= 11 is 0. The zero-order valence-electron chi connectivity index (χ0n) is 24.9. The van der Waals surface area contributed by atoms with Gasteiger partial charge in [0.05, 0.1) is 16.6 Å². The largest absolute Gasteiger partial charge is 0.455 e. The first kappa shape index (κ1) is 25.8. The molecule has 0 fully saturated rings. The molecule has 0 aliphatic heterocycles. The molecular formula is C41H23N5O. The van der Waals surface area contributed by atoms with Gasteiger partial charge in [-0.05, 0) is 46.5 Å². The van der Waals surface area contributed by atoms with Crippen molar-refractivity contribution in [2.24, 2.45) is 0 Å². The Morgan fingerprint density at radius 1 is 0.404 bits per heavy atom. The van der Waals surface area contributed by atoms with E-state index in [0.29, 0.717) is 17.5 Å². The Labute approximate surface area is 268 Å². The van der Waals surface area contributed by atoms with Crippen molar-refractivity contribution in [3.63, 3.8) is 0 Å². The van der Waals surface area contributed by atoms with Crippen LogP contribution < -0.4 is 0 Å². The van der Waals surface area contributed by atoms with Crippen molar-refractivity contribution in [1.82, 2.24) is 24.9 Å².